The minimum absolute atomic E-state index is 0.0280. The van der Waals surface area contributed by atoms with Gasteiger partial charge in [-0.2, -0.15) is 0 Å². The van der Waals surface area contributed by atoms with Gasteiger partial charge in [-0.15, -0.1) is 0 Å². The Hall–Kier alpha value is -1.35. The van der Waals surface area contributed by atoms with E-state index < -0.39 is 0 Å². The molecule has 0 saturated carbocycles. The van der Waals surface area contributed by atoms with Crippen molar-refractivity contribution in [1.82, 2.24) is 5.32 Å². The highest BCUT2D eigenvalue weighted by atomic mass is 16.1. The van der Waals surface area contributed by atoms with Gasteiger partial charge in [-0.05, 0) is 45.2 Å². The lowest BCUT2D eigenvalue weighted by Crippen LogP contribution is -2.51. The third kappa shape index (κ3) is 3.10. The summed E-state index contributed by atoms with van der Waals surface area (Å²) in [5.74, 6) is -0.0280. The first kappa shape index (κ1) is 14.7. The standard InChI is InChI=1S/C15H24N2O/c1-6-15(5,9-16)17-14(18)13-11(3)7-10(2)8-12(13)4/h7-8H,6,9,16H2,1-5H3,(H,17,18). The Labute approximate surface area is 110 Å². The molecule has 3 N–H and O–H groups in total. The maximum Gasteiger partial charge on any atom is 0.252 e. The van der Waals surface area contributed by atoms with E-state index in [9.17, 15) is 4.79 Å². The van der Waals surface area contributed by atoms with Gasteiger partial charge in [0.05, 0.1) is 0 Å². The minimum atomic E-state index is -0.332. The molecule has 1 aromatic rings. The Kier molecular flexibility index (Phi) is 4.52. The van der Waals surface area contributed by atoms with Crippen LogP contribution in [-0.2, 0) is 0 Å². The number of nitrogens with one attached hydrogen (secondary N) is 1. The molecule has 0 bridgehead atoms. The molecule has 1 unspecified atom stereocenters. The van der Waals surface area contributed by atoms with E-state index in [1.807, 2.05) is 46.8 Å². The Balaban J connectivity index is 3.05. The molecule has 0 aliphatic carbocycles. The van der Waals surface area contributed by atoms with E-state index in [1.165, 1.54) is 5.56 Å². The molecule has 100 valence electrons. The number of carbonyl (C=O) groups excluding carboxylic acids is 1. The van der Waals surface area contributed by atoms with Crippen LogP contribution in [0.1, 0.15) is 47.3 Å². The molecule has 0 aliphatic rings. The fourth-order valence-electron chi connectivity index (χ4n) is 2.16. The van der Waals surface area contributed by atoms with Gasteiger partial charge in [0.15, 0.2) is 0 Å². The van der Waals surface area contributed by atoms with Crippen molar-refractivity contribution in [3.05, 3.63) is 34.4 Å². The number of hydrogen-bond donors (Lipinski definition) is 2. The zero-order valence-electron chi connectivity index (χ0n) is 12.1. The summed E-state index contributed by atoms with van der Waals surface area (Å²) in [6.07, 6.45) is 0.819. The topological polar surface area (TPSA) is 55.1 Å². The van der Waals surface area contributed by atoms with Crippen LogP contribution >= 0.6 is 0 Å². The van der Waals surface area contributed by atoms with Gasteiger partial charge in [-0.3, -0.25) is 4.79 Å². The summed E-state index contributed by atoms with van der Waals surface area (Å²) in [4.78, 5) is 12.4. The van der Waals surface area contributed by atoms with Gasteiger partial charge in [0.25, 0.3) is 5.91 Å². The largest absolute Gasteiger partial charge is 0.346 e. The van der Waals surface area contributed by atoms with Crippen molar-refractivity contribution in [2.24, 2.45) is 5.73 Å². The molecule has 18 heavy (non-hydrogen) atoms. The summed E-state index contributed by atoms with van der Waals surface area (Å²) < 4.78 is 0. The van der Waals surface area contributed by atoms with Crippen molar-refractivity contribution in [2.75, 3.05) is 6.54 Å². The molecule has 0 saturated heterocycles. The van der Waals surface area contributed by atoms with Crippen molar-refractivity contribution in [2.45, 2.75) is 46.6 Å². The predicted octanol–water partition coefficient (Wildman–Crippen LogP) is 2.47. The lowest BCUT2D eigenvalue weighted by atomic mass is 9.95. The van der Waals surface area contributed by atoms with Gasteiger partial charge in [-0.25, -0.2) is 0 Å². The van der Waals surface area contributed by atoms with Crippen LogP contribution in [0.15, 0.2) is 12.1 Å². The number of aryl methyl sites for hydroxylation is 3. The molecule has 0 aliphatic heterocycles. The zero-order valence-corrected chi connectivity index (χ0v) is 12.1. The van der Waals surface area contributed by atoms with Crippen LogP contribution in [0.5, 0.6) is 0 Å². The number of hydrogen-bond acceptors (Lipinski definition) is 2. The first-order valence-corrected chi connectivity index (χ1v) is 6.43. The third-order valence-corrected chi connectivity index (χ3v) is 3.55. The maximum absolute atomic E-state index is 12.4. The second-order valence-corrected chi connectivity index (χ2v) is 5.35. The Morgan fingerprint density at radius 2 is 1.78 bits per heavy atom. The second kappa shape index (κ2) is 5.53. The van der Waals surface area contributed by atoms with Gasteiger partial charge in [0, 0.05) is 17.6 Å². The smallest absolute Gasteiger partial charge is 0.252 e. The van der Waals surface area contributed by atoms with Crippen LogP contribution < -0.4 is 11.1 Å². The van der Waals surface area contributed by atoms with E-state index in [4.69, 9.17) is 5.73 Å². The first-order chi connectivity index (χ1) is 8.33. The average Bonchev–Trinajstić information content (AvgIpc) is 2.27. The normalized spacial score (nSPS) is 14.1. The van der Waals surface area contributed by atoms with E-state index >= 15 is 0 Å². The van der Waals surface area contributed by atoms with Gasteiger partial charge < -0.3 is 11.1 Å². The Morgan fingerprint density at radius 1 is 1.28 bits per heavy atom. The first-order valence-electron chi connectivity index (χ1n) is 6.43. The Morgan fingerprint density at radius 3 is 2.17 bits per heavy atom. The summed E-state index contributed by atoms with van der Waals surface area (Å²) >= 11 is 0. The lowest BCUT2D eigenvalue weighted by molar-refractivity contribution is 0.0905. The molecule has 0 fully saturated rings. The fraction of sp³-hybridized carbons (Fsp3) is 0.533. The number of benzene rings is 1. The average molecular weight is 248 g/mol. The molecule has 1 amide bonds. The van der Waals surface area contributed by atoms with Crippen molar-refractivity contribution in [3.63, 3.8) is 0 Å². The monoisotopic (exact) mass is 248 g/mol. The number of amides is 1. The van der Waals surface area contributed by atoms with E-state index in [0.717, 1.165) is 23.1 Å². The van der Waals surface area contributed by atoms with Crippen molar-refractivity contribution >= 4 is 5.91 Å². The highest BCUT2D eigenvalue weighted by Crippen LogP contribution is 2.18. The van der Waals surface area contributed by atoms with Gasteiger partial charge >= 0.3 is 0 Å². The molecule has 0 spiro atoms. The molecule has 0 aromatic heterocycles. The molecule has 3 heteroatoms. The quantitative estimate of drug-likeness (QED) is 0.860. The minimum Gasteiger partial charge on any atom is -0.346 e. The van der Waals surface area contributed by atoms with Crippen LogP contribution in [0.25, 0.3) is 0 Å². The van der Waals surface area contributed by atoms with Crippen LogP contribution in [0.3, 0.4) is 0 Å². The maximum atomic E-state index is 12.4. The molecule has 0 radical (unpaired) electrons. The number of rotatable bonds is 4. The predicted molar refractivity (Wildman–Crippen MR) is 75.9 cm³/mol. The third-order valence-electron chi connectivity index (χ3n) is 3.55. The van der Waals surface area contributed by atoms with Gasteiger partial charge in [0.2, 0.25) is 0 Å². The molecule has 1 atom stereocenters. The van der Waals surface area contributed by atoms with E-state index in [0.29, 0.717) is 6.54 Å². The van der Waals surface area contributed by atoms with Crippen LogP contribution in [0.4, 0.5) is 0 Å². The summed E-state index contributed by atoms with van der Waals surface area (Å²) in [5, 5.41) is 3.05. The van der Waals surface area contributed by atoms with Gasteiger partial charge in [0.1, 0.15) is 0 Å². The number of carbonyl (C=O) groups is 1. The molecular weight excluding hydrogens is 224 g/mol. The fourth-order valence-corrected chi connectivity index (χ4v) is 2.16. The SMILES string of the molecule is CCC(C)(CN)NC(=O)c1c(C)cc(C)cc1C. The second-order valence-electron chi connectivity index (χ2n) is 5.35. The Bertz CT molecular complexity index is 425. The molecule has 0 heterocycles. The number of nitrogens with two attached hydrogens (primary N) is 1. The highest BCUT2D eigenvalue weighted by Gasteiger charge is 2.24. The van der Waals surface area contributed by atoms with Crippen LogP contribution in [0.2, 0.25) is 0 Å². The van der Waals surface area contributed by atoms with E-state index in [-0.39, 0.29) is 11.4 Å². The summed E-state index contributed by atoms with van der Waals surface area (Å²) in [7, 11) is 0. The van der Waals surface area contributed by atoms with Crippen LogP contribution in [-0.4, -0.2) is 18.0 Å². The molecule has 3 nitrogen and oxygen atoms in total. The summed E-state index contributed by atoms with van der Waals surface area (Å²) in [6.45, 7) is 10.4. The van der Waals surface area contributed by atoms with E-state index in [2.05, 4.69) is 5.32 Å². The highest BCUT2D eigenvalue weighted by molar-refractivity contribution is 5.97. The van der Waals surface area contributed by atoms with Crippen molar-refractivity contribution < 1.29 is 4.79 Å². The molecule has 1 aromatic carbocycles. The van der Waals surface area contributed by atoms with Crippen molar-refractivity contribution in [1.29, 1.82) is 0 Å². The van der Waals surface area contributed by atoms with E-state index in [1.54, 1.807) is 0 Å². The summed E-state index contributed by atoms with van der Waals surface area (Å²) in [5.41, 5.74) is 9.38. The summed E-state index contributed by atoms with van der Waals surface area (Å²) in [6, 6.07) is 4.07. The lowest BCUT2D eigenvalue weighted by Gasteiger charge is -2.28. The van der Waals surface area contributed by atoms with Crippen molar-refractivity contribution in [3.8, 4) is 0 Å². The zero-order chi connectivity index (χ0) is 13.9. The van der Waals surface area contributed by atoms with Gasteiger partial charge in [-0.1, -0.05) is 24.6 Å². The molecule has 1 rings (SSSR count). The van der Waals surface area contributed by atoms with Crippen LogP contribution in [0, 0.1) is 20.8 Å². The molecular formula is C15H24N2O.